The topological polar surface area (TPSA) is 64.4 Å². The van der Waals surface area contributed by atoms with Gasteiger partial charge in [0.25, 0.3) is 0 Å². The molecule has 1 aromatic carbocycles. The maximum absolute atomic E-state index is 10.7. The van der Waals surface area contributed by atoms with Gasteiger partial charge in [-0.2, -0.15) is 0 Å². The molecule has 5 nitrogen and oxygen atoms in total. The Hall–Kier alpha value is -1.78. The molecule has 0 heterocycles. The number of rotatable bonds is 5. The summed E-state index contributed by atoms with van der Waals surface area (Å²) in [6.07, 6.45) is 0.951. The second-order valence-electron chi connectivity index (χ2n) is 4.51. The van der Waals surface area contributed by atoms with Crippen molar-refractivity contribution in [2.24, 2.45) is 0 Å². The van der Waals surface area contributed by atoms with Crippen LogP contribution in [0.2, 0.25) is 0 Å². The smallest absolute Gasteiger partial charge is 0.311 e. The Labute approximate surface area is 101 Å². The molecule has 0 fully saturated rings. The molecule has 0 saturated heterocycles. The van der Waals surface area contributed by atoms with Crippen LogP contribution in [-0.2, 0) is 0 Å². The lowest BCUT2D eigenvalue weighted by Gasteiger charge is -2.26. The molecule has 0 bridgehead atoms. The highest BCUT2D eigenvalue weighted by molar-refractivity contribution is 5.58. The number of nitrogens with one attached hydrogen (secondary N) is 1. The van der Waals surface area contributed by atoms with E-state index < -0.39 is 4.92 Å². The number of hydrogen-bond acceptors (Lipinski definition) is 4. The molecular formula is C12H18N2O3. The molecule has 0 unspecified atom stereocenters. The third kappa shape index (κ3) is 3.34. The highest BCUT2D eigenvalue weighted by Crippen LogP contribution is 2.31. The van der Waals surface area contributed by atoms with Crippen molar-refractivity contribution in [3.63, 3.8) is 0 Å². The zero-order valence-corrected chi connectivity index (χ0v) is 10.6. The third-order valence-corrected chi connectivity index (χ3v) is 2.74. The van der Waals surface area contributed by atoms with Crippen LogP contribution >= 0.6 is 0 Å². The van der Waals surface area contributed by atoms with Crippen molar-refractivity contribution >= 4 is 11.4 Å². The predicted molar refractivity (Wildman–Crippen MR) is 67.6 cm³/mol. The van der Waals surface area contributed by atoms with Gasteiger partial charge in [0, 0.05) is 23.4 Å². The van der Waals surface area contributed by atoms with Gasteiger partial charge in [0.05, 0.1) is 12.0 Å². The number of methoxy groups -OCH3 is 1. The lowest BCUT2D eigenvalue weighted by Crippen LogP contribution is -2.29. The standard InChI is InChI=1S/C12H18N2O3/c1-5-12(2,3)13-9-6-7-10(14(15)16)11(8-9)17-4/h6-8,13H,5H2,1-4H3. The van der Waals surface area contributed by atoms with Crippen molar-refractivity contribution in [3.05, 3.63) is 28.3 Å². The Kier molecular flexibility index (Phi) is 3.93. The number of anilines is 1. The minimum Gasteiger partial charge on any atom is -0.490 e. The summed E-state index contributed by atoms with van der Waals surface area (Å²) in [5.41, 5.74) is 0.743. The van der Waals surface area contributed by atoms with Crippen LogP contribution < -0.4 is 10.1 Å². The molecule has 17 heavy (non-hydrogen) atoms. The van der Waals surface area contributed by atoms with Gasteiger partial charge in [0.2, 0.25) is 0 Å². The zero-order valence-electron chi connectivity index (χ0n) is 10.6. The van der Waals surface area contributed by atoms with Crippen molar-refractivity contribution in [2.45, 2.75) is 32.7 Å². The highest BCUT2D eigenvalue weighted by Gasteiger charge is 2.18. The van der Waals surface area contributed by atoms with E-state index in [9.17, 15) is 10.1 Å². The molecule has 0 aliphatic carbocycles. The monoisotopic (exact) mass is 238 g/mol. The Bertz CT molecular complexity index is 416. The van der Waals surface area contributed by atoms with Gasteiger partial charge < -0.3 is 10.1 Å². The summed E-state index contributed by atoms with van der Waals surface area (Å²) in [6.45, 7) is 6.22. The van der Waals surface area contributed by atoms with Crippen LogP contribution in [0.4, 0.5) is 11.4 Å². The number of hydrogen-bond donors (Lipinski definition) is 1. The lowest BCUT2D eigenvalue weighted by atomic mass is 10.0. The van der Waals surface area contributed by atoms with Crippen LogP contribution in [0.25, 0.3) is 0 Å². The summed E-state index contributed by atoms with van der Waals surface area (Å²) in [7, 11) is 1.43. The average Bonchev–Trinajstić information content (AvgIpc) is 2.28. The van der Waals surface area contributed by atoms with E-state index in [0.29, 0.717) is 0 Å². The van der Waals surface area contributed by atoms with Crippen LogP contribution in [0.1, 0.15) is 27.2 Å². The highest BCUT2D eigenvalue weighted by atomic mass is 16.6. The van der Waals surface area contributed by atoms with Crippen molar-refractivity contribution in [3.8, 4) is 5.75 Å². The van der Waals surface area contributed by atoms with E-state index in [1.165, 1.54) is 13.2 Å². The van der Waals surface area contributed by atoms with Crippen molar-refractivity contribution < 1.29 is 9.66 Å². The first-order chi connectivity index (χ1) is 7.89. The number of nitro benzene ring substituents is 1. The van der Waals surface area contributed by atoms with Crippen molar-refractivity contribution in [1.29, 1.82) is 0 Å². The van der Waals surface area contributed by atoms with Crippen molar-refractivity contribution in [1.82, 2.24) is 0 Å². The van der Waals surface area contributed by atoms with Gasteiger partial charge in [0.15, 0.2) is 5.75 Å². The molecule has 1 aromatic rings. The zero-order chi connectivity index (χ0) is 13.1. The summed E-state index contributed by atoms with van der Waals surface area (Å²) in [4.78, 5) is 10.3. The van der Waals surface area contributed by atoms with Gasteiger partial charge >= 0.3 is 5.69 Å². The molecule has 0 radical (unpaired) electrons. The summed E-state index contributed by atoms with van der Waals surface area (Å²) in [6, 6.07) is 4.79. The Morgan fingerprint density at radius 3 is 2.59 bits per heavy atom. The number of benzene rings is 1. The lowest BCUT2D eigenvalue weighted by molar-refractivity contribution is -0.385. The Balaban J connectivity index is 3.02. The van der Waals surface area contributed by atoms with Crippen LogP contribution in [-0.4, -0.2) is 17.6 Å². The summed E-state index contributed by atoms with van der Waals surface area (Å²) in [5, 5.41) is 14.0. The minimum absolute atomic E-state index is 0.0210. The van der Waals surface area contributed by atoms with Crippen LogP contribution in [0.3, 0.4) is 0 Å². The van der Waals surface area contributed by atoms with E-state index in [1.807, 2.05) is 0 Å². The first kappa shape index (κ1) is 13.3. The largest absolute Gasteiger partial charge is 0.490 e. The maximum atomic E-state index is 10.7. The Morgan fingerprint density at radius 1 is 1.47 bits per heavy atom. The van der Waals surface area contributed by atoms with Gasteiger partial charge in [-0.1, -0.05) is 6.92 Å². The van der Waals surface area contributed by atoms with E-state index >= 15 is 0 Å². The van der Waals surface area contributed by atoms with E-state index in [4.69, 9.17) is 4.74 Å². The Morgan fingerprint density at radius 2 is 2.12 bits per heavy atom. The van der Waals surface area contributed by atoms with E-state index in [2.05, 4.69) is 26.1 Å². The summed E-state index contributed by atoms with van der Waals surface area (Å²) < 4.78 is 5.01. The van der Waals surface area contributed by atoms with Crippen LogP contribution in [0.15, 0.2) is 18.2 Å². The molecule has 0 aliphatic heterocycles. The van der Waals surface area contributed by atoms with Gasteiger partial charge in [0.1, 0.15) is 0 Å². The number of nitrogens with zero attached hydrogens (tertiary/aromatic N) is 1. The van der Waals surface area contributed by atoms with Gasteiger partial charge in [-0.15, -0.1) is 0 Å². The van der Waals surface area contributed by atoms with Gasteiger partial charge in [-0.25, -0.2) is 0 Å². The van der Waals surface area contributed by atoms with Crippen LogP contribution in [0.5, 0.6) is 5.75 Å². The van der Waals surface area contributed by atoms with E-state index in [1.54, 1.807) is 12.1 Å². The normalized spacial score (nSPS) is 11.1. The van der Waals surface area contributed by atoms with E-state index in [0.717, 1.165) is 12.1 Å². The molecule has 0 aromatic heterocycles. The molecule has 1 N–H and O–H groups in total. The molecule has 0 saturated carbocycles. The number of nitro groups is 1. The fourth-order valence-corrected chi connectivity index (χ4v) is 1.39. The van der Waals surface area contributed by atoms with E-state index in [-0.39, 0.29) is 17.0 Å². The molecule has 94 valence electrons. The fourth-order valence-electron chi connectivity index (χ4n) is 1.39. The third-order valence-electron chi connectivity index (χ3n) is 2.74. The molecule has 0 aliphatic rings. The quantitative estimate of drug-likeness (QED) is 0.632. The molecule has 0 atom stereocenters. The maximum Gasteiger partial charge on any atom is 0.311 e. The summed E-state index contributed by atoms with van der Waals surface area (Å²) >= 11 is 0. The average molecular weight is 238 g/mol. The molecule has 1 rings (SSSR count). The molecule has 0 amide bonds. The SMILES string of the molecule is CCC(C)(C)Nc1ccc([N+](=O)[O-])c(OC)c1. The predicted octanol–water partition coefficient (Wildman–Crippen LogP) is 3.20. The van der Waals surface area contributed by atoms with Crippen LogP contribution in [0, 0.1) is 10.1 Å². The second kappa shape index (κ2) is 5.03. The first-order valence-corrected chi connectivity index (χ1v) is 5.50. The van der Waals surface area contributed by atoms with Gasteiger partial charge in [-0.05, 0) is 26.3 Å². The van der Waals surface area contributed by atoms with Gasteiger partial charge in [-0.3, -0.25) is 10.1 Å². The minimum atomic E-state index is -0.451. The molecular weight excluding hydrogens is 220 g/mol. The molecule has 0 spiro atoms. The molecule has 5 heteroatoms. The number of ether oxygens (including phenoxy) is 1. The second-order valence-corrected chi connectivity index (χ2v) is 4.51. The fraction of sp³-hybridized carbons (Fsp3) is 0.500. The van der Waals surface area contributed by atoms with Crippen molar-refractivity contribution in [2.75, 3.05) is 12.4 Å². The first-order valence-electron chi connectivity index (χ1n) is 5.50. The summed E-state index contributed by atoms with van der Waals surface area (Å²) in [5.74, 6) is 0.270.